The largest absolute Gasteiger partial charge is 0.409 e. The second-order valence-electron chi connectivity index (χ2n) is 5.17. The molecule has 118 valence electrons. The van der Waals surface area contributed by atoms with Crippen molar-refractivity contribution in [1.82, 2.24) is 4.98 Å². The van der Waals surface area contributed by atoms with Crippen LogP contribution in [0.1, 0.15) is 37.2 Å². The first kappa shape index (κ1) is 17.2. The summed E-state index contributed by atoms with van der Waals surface area (Å²) in [5.74, 6) is 0.0840. The minimum absolute atomic E-state index is 0.0840. The Morgan fingerprint density at radius 2 is 2.19 bits per heavy atom. The standard InChI is InChI=1S/C15H26N4O2/c1-6-11(3)19(7-8-21-5)13-9-10(2)17-12(4)14(13)15(16)18-20/h9,11,20H,6-8H2,1-5H3,(H2,16,18). The van der Waals surface area contributed by atoms with Gasteiger partial charge in [0.1, 0.15) is 0 Å². The number of nitrogens with two attached hydrogens (primary N) is 1. The maximum absolute atomic E-state index is 9.05. The van der Waals surface area contributed by atoms with E-state index in [2.05, 4.69) is 28.9 Å². The minimum Gasteiger partial charge on any atom is -0.409 e. The summed E-state index contributed by atoms with van der Waals surface area (Å²) < 4.78 is 5.21. The van der Waals surface area contributed by atoms with Gasteiger partial charge >= 0.3 is 0 Å². The maximum atomic E-state index is 9.05. The number of anilines is 1. The van der Waals surface area contributed by atoms with Crippen molar-refractivity contribution in [3.8, 4) is 0 Å². The van der Waals surface area contributed by atoms with Gasteiger partial charge in [-0.05, 0) is 33.3 Å². The van der Waals surface area contributed by atoms with Gasteiger partial charge in [-0.1, -0.05) is 12.1 Å². The van der Waals surface area contributed by atoms with Crippen LogP contribution in [-0.4, -0.2) is 42.3 Å². The average molecular weight is 294 g/mol. The highest BCUT2D eigenvalue weighted by Gasteiger charge is 2.21. The molecule has 1 aromatic rings. The van der Waals surface area contributed by atoms with Gasteiger partial charge in [-0.15, -0.1) is 0 Å². The number of hydrogen-bond acceptors (Lipinski definition) is 5. The summed E-state index contributed by atoms with van der Waals surface area (Å²) in [4.78, 5) is 6.64. The van der Waals surface area contributed by atoms with Crippen LogP contribution in [0.5, 0.6) is 0 Å². The minimum atomic E-state index is 0.0840. The predicted octanol–water partition coefficient (Wildman–Crippen LogP) is 2.04. The Balaban J connectivity index is 3.40. The van der Waals surface area contributed by atoms with Crippen LogP contribution in [0, 0.1) is 13.8 Å². The number of aromatic nitrogens is 1. The summed E-state index contributed by atoms with van der Waals surface area (Å²) in [6.45, 7) is 9.44. The van der Waals surface area contributed by atoms with Gasteiger partial charge in [0.15, 0.2) is 5.84 Å². The second kappa shape index (κ2) is 7.83. The predicted molar refractivity (Wildman–Crippen MR) is 85.2 cm³/mol. The molecule has 1 aromatic heterocycles. The normalized spacial score (nSPS) is 13.3. The summed E-state index contributed by atoms with van der Waals surface area (Å²) in [6, 6.07) is 2.29. The zero-order chi connectivity index (χ0) is 16.0. The molecule has 0 amide bonds. The number of amidine groups is 1. The first-order chi connectivity index (χ1) is 9.96. The molecule has 1 heterocycles. The fourth-order valence-electron chi connectivity index (χ4n) is 2.39. The van der Waals surface area contributed by atoms with E-state index in [4.69, 9.17) is 15.7 Å². The maximum Gasteiger partial charge on any atom is 0.174 e. The van der Waals surface area contributed by atoms with E-state index in [-0.39, 0.29) is 5.84 Å². The molecule has 0 aliphatic rings. The number of aryl methyl sites for hydroxylation is 2. The number of hydrogen-bond donors (Lipinski definition) is 2. The van der Waals surface area contributed by atoms with Gasteiger partial charge in [-0.2, -0.15) is 0 Å². The lowest BCUT2D eigenvalue weighted by atomic mass is 10.1. The van der Waals surface area contributed by atoms with Crippen molar-refractivity contribution in [2.75, 3.05) is 25.2 Å². The molecule has 0 aliphatic heterocycles. The third-order valence-electron chi connectivity index (χ3n) is 3.64. The molecule has 0 radical (unpaired) electrons. The molecule has 6 nitrogen and oxygen atoms in total. The van der Waals surface area contributed by atoms with Crippen molar-refractivity contribution in [2.24, 2.45) is 10.9 Å². The van der Waals surface area contributed by atoms with Crippen LogP contribution >= 0.6 is 0 Å². The van der Waals surface area contributed by atoms with E-state index in [0.717, 1.165) is 30.0 Å². The van der Waals surface area contributed by atoms with E-state index in [0.29, 0.717) is 18.2 Å². The number of oxime groups is 1. The molecule has 0 spiro atoms. The van der Waals surface area contributed by atoms with Crippen LogP contribution in [0.15, 0.2) is 11.2 Å². The van der Waals surface area contributed by atoms with Crippen molar-refractivity contribution in [3.05, 3.63) is 23.0 Å². The van der Waals surface area contributed by atoms with E-state index in [1.807, 2.05) is 19.9 Å². The van der Waals surface area contributed by atoms with Crippen LogP contribution in [0.25, 0.3) is 0 Å². The number of rotatable bonds is 7. The Kier molecular flexibility index (Phi) is 6.42. The lowest BCUT2D eigenvalue weighted by molar-refractivity contribution is 0.203. The number of methoxy groups -OCH3 is 1. The third-order valence-corrected chi connectivity index (χ3v) is 3.64. The van der Waals surface area contributed by atoms with Gasteiger partial charge < -0.3 is 20.6 Å². The zero-order valence-electron chi connectivity index (χ0n) is 13.6. The van der Waals surface area contributed by atoms with E-state index in [9.17, 15) is 0 Å². The van der Waals surface area contributed by atoms with Gasteiger partial charge in [0.2, 0.25) is 0 Å². The molecule has 21 heavy (non-hydrogen) atoms. The van der Waals surface area contributed by atoms with Crippen LogP contribution in [0.4, 0.5) is 5.69 Å². The average Bonchev–Trinajstić information content (AvgIpc) is 2.46. The molecule has 6 heteroatoms. The number of pyridine rings is 1. The Labute approximate surface area is 126 Å². The Morgan fingerprint density at radius 1 is 1.52 bits per heavy atom. The van der Waals surface area contributed by atoms with Crippen LogP contribution < -0.4 is 10.6 Å². The summed E-state index contributed by atoms with van der Waals surface area (Å²) in [5, 5.41) is 12.2. The van der Waals surface area contributed by atoms with Crippen LogP contribution in [-0.2, 0) is 4.74 Å². The molecular weight excluding hydrogens is 268 g/mol. The summed E-state index contributed by atoms with van der Waals surface area (Å²) in [5.41, 5.74) is 9.13. The monoisotopic (exact) mass is 294 g/mol. The van der Waals surface area contributed by atoms with E-state index in [1.54, 1.807) is 7.11 Å². The van der Waals surface area contributed by atoms with Gasteiger partial charge in [0.25, 0.3) is 0 Å². The smallest absolute Gasteiger partial charge is 0.174 e. The third kappa shape index (κ3) is 4.07. The molecule has 0 aromatic carbocycles. The topological polar surface area (TPSA) is 84.0 Å². The second-order valence-corrected chi connectivity index (χ2v) is 5.17. The molecule has 0 saturated carbocycles. The zero-order valence-corrected chi connectivity index (χ0v) is 13.6. The molecule has 0 saturated heterocycles. The van der Waals surface area contributed by atoms with Gasteiger partial charge in [-0.25, -0.2) is 0 Å². The highest BCUT2D eigenvalue weighted by molar-refractivity contribution is 6.03. The number of ether oxygens (including phenoxy) is 1. The van der Waals surface area contributed by atoms with Gasteiger partial charge in [-0.3, -0.25) is 4.98 Å². The number of nitrogens with zero attached hydrogens (tertiary/aromatic N) is 3. The first-order valence-corrected chi connectivity index (χ1v) is 7.17. The fraction of sp³-hybridized carbons (Fsp3) is 0.600. The van der Waals surface area contributed by atoms with Crippen molar-refractivity contribution < 1.29 is 9.94 Å². The quantitative estimate of drug-likeness (QED) is 0.348. The summed E-state index contributed by atoms with van der Waals surface area (Å²) >= 11 is 0. The first-order valence-electron chi connectivity index (χ1n) is 7.17. The molecule has 1 atom stereocenters. The van der Waals surface area contributed by atoms with Crippen molar-refractivity contribution >= 4 is 11.5 Å². The van der Waals surface area contributed by atoms with Crippen molar-refractivity contribution in [3.63, 3.8) is 0 Å². The Bertz CT molecular complexity index is 503. The molecule has 3 N–H and O–H groups in total. The van der Waals surface area contributed by atoms with E-state index >= 15 is 0 Å². The molecule has 1 rings (SSSR count). The van der Waals surface area contributed by atoms with Gasteiger partial charge in [0.05, 0.1) is 23.6 Å². The molecule has 0 aliphatic carbocycles. The SMILES string of the molecule is CCC(C)N(CCOC)c1cc(C)nc(C)c1/C(N)=N/O. The fourth-order valence-corrected chi connectivity index (χ4v) is 2.39. The van der Waals surface area contributed by atoms with Crippen LogP contribution in [0.2, 0.25) is 0 Å². The summed E-state index contributed by atoms with van der Waals surface area (Å²) in [7, 11) is 1.68. The molecule has 1 unspecified atom stereocenters. The highest BCUT2D eigenvalue weighted by atomic mass is 16.5. The van der Waals surface area contributed by atoms with Crippen molar-refractivity contribution in [2.45, 2.75) is 40.2 Å². The molecule has 0 fully saturated rings. The Morgan fingerprint density at radius 3 is 2.71 bits per heavy atom. The Hall–Kier alpha value is -1.82. The lowest BCUT2D eigenvalue weighted by Crippen LogP contribution is -2.37. The van der Waals surface area contributed by atoms with Crippen LogP contribution in [0.3, 0.4) is 0 Å². The van der Waals surface area contributed by atoms with Crippen molar-refractivity contribution in [1.29, 1.82) is 0 Å². The highest BCUT2D eigenvalue weighted by Crippen LogP contribution is 2.26. The molecule has 0 bridgehead atoms. The lowest BCUT2D eigenvalue weighted by Gasteiger charge is -2.32. The van der Waals surface area contributed by atoms with E-state index < -0.39 is 0 Å². The molecular formula is C15H26N4O2. The van der Waals surface area contributed by atoms with E-state index in [1.165, 1.54) is 0 Å². The summed E-state index contributed by atoms with van der Waals surface area (Å²) in [6.07, 6.45) is 0.986. The van der Waals surface area contributed by atoms with Gasteiger partial charge in [0, 0.05) is 25.4 Å².